The first kappa shape index (κ1) is 15.6. The van der Waals surface area contributed by atoms with E-state index in [0.717, 1.165) is 25.9 Å². The van der Waals surface area contributed by atoms with Crippen LogP contribution in [0.1, 0.15) is 30.7 Å². The normalized spacial score (nSPS) is 41.9. The lowest BCUT2D eigenvalue weighted by Gasteiger charge is -2.48. The van der Waals surface area contributed by atoms with Crippen LogP contribution in [0.4, 0.5) is 5.69 Å². The zero-order valence-electron chi connectivity index (χ0n) is 14.6. The summed E-state index contributed by atoms with van der Waals surface area (Å²) in [4.78, 5) is 14.9. The molecule has 0 spiro atoms. The van der Waals surface area contributed by atoms with Gasteiger partial charge < -0.3 is 15.2 Å². The van der Waals surface area contributed by atoms with E-state index in [0.29, 0.717) is 30.3 Å². The van der Waals surface area contributed by atoms with Crippen LogP contribution in [-0.2, 0) is 9.53 Å². The first-order valence-corrected chi connectivity index (χ1v) is 9.52. The van der Waals surface area contributed by atoms with Crippen molar-refractivity contribution in [1.82, 2.24) is 4.90 Å². The topological polar surface area (TPSA) is 61.8 Å². The quantitative estimate of drug-likeness (QED) is 0.763. The molecule has 0 bridgehead atoms. The van der Waals surface area contributed by atoms with Gasteiger partial charge in [0.05, 0.1) is 19.1 Å². The Morgan fingerprint density at radius 2 is 2.12 bits per heavy atom. The molecule has 1 aliphatic carbocycles. The highest BCUT2D eigenvalue weighted by Gasteiger charge is 2.54. The van der Waals surface area contributed by atoms with Crippen LogP contribution in [0.15, 0.2) is 24.3 Å². The van der Waals surface area contributed by atoms with Crippen LogP contribution in [-0.4, -0.2) is 54.4 Å². The van der Waals surface area contributed by atoms with E-state index in [9.17, 15) is 9.90 Å². The maximum absolute atomic E-state index is 12.3. The van der Waals surface area contributed by atoms with E-state index in [1.807, 2.05) is 0 Å². The summed E-state index contributed by atoms with van der Waals surface area (Å²) in [5.74, 6) is 0.698. The number of aliphatic hydroxyl groups is 1. The summed E-state index contributed by atoms with van der Waals surface area (Å²) >= 11 is 0. The molecule has 134 valence electrons. The van der Waals surface area contributed by atoms with Crippen LogP contribution in [0, 0.1) is 17.8 Å². The number of nitrogens with zero attached hydrogens (tertiary/aromatic N) is 1. The summed E-state index contributed by atoms with van der Waals surface area (Å²) in [6.07, 6.45) is 2.16. The zero-order chi connectivity index (χ0) is 17.1. The molecule has 5 rings (SSSR count). The standard InChI is InChI=1S/C20H26N2O3/c1-25-20(24)18-13-8-16-19-14(12-4-2-3-5-15(12)21-19)10-22(16)9-11(13)6-7-17(18)23/h2-5,11,13-14,16-19,21,23H,6-10H2,1H3/t11-,13+,14?,16+,17+,18?,19?/m1/s1. The van der Waals surface area contributed by atoms with Gasteiger partial charge in [0.25, 0.3) is 0 Å². The van der Waals surface area contributed by atoms with Crippen LogP contribution >= 0.6 is 0 Å². The number of piperidine rings is 1. The van der Waals surface area contributed by atoms with Crippen molar-refractivity contribution in [2.45, 2.75) is 43.4 Å². The Labute approximate surface area is 148 Å². The molecular weight excluding hydrogens is 316 g/mol. The van der Waals surface area contributed by atoms with E-state index < -0.39 is 6.10 Å². The largest absolute Gasteiger partial charge is 0.469 e. The molecule has 5 nitrogen and oxygen atoms in total. The fraction of sp³-hybridized carbons (Fsp3) is 0.650. The number of fused-ring (bicyclic) bond motifs is 6. The van der Waals surface area contributed by atoms with E-state index in [2.05, 4.69) is 34.5 Å². The van der Waals surface area contributed by atoms with Gasteiger partial charge in [-0.15, -0.1) is 0 Å². The van der Waals surface area contributed by atoms with Crippen molar-refractivity contribution in [2.24, 2.45) is 17.8 Å². The molecule has 1 aromatic carbocycles. The summed E-state index contributed by atoms with van der Waals surface area (Å²) < 4.78 is 5.03. The van der Waals surface area contributed by atoms with Crippen molar-refractivity contribution < 1.29 is 14.6 Å². The number of carbonyl (C=O) groups is 1. The number of methoxy groups -OCH3 is 1. The Balaban J connectivity index is 1.42. The van der Waals surface area contributed by atoms with Crippen molar-refractivity contribution in [3.63, 3.8) is 0 Å². The molecule has 25 heavy (non-hydrogen) atoms. The number of aliphatic hydroxyl groups excluding tert-OH is 1. The van der Waals surface area contributed by atoms with Crippen LogP contribution in [0.5, 0.6) is 0 Å². The fourth-order valence-electron chi connectivity index (χ4n) is 6.09. The zero-order valence-corrected chi connectivity index (χ0v) is 14.6. The fourth-order valence-corrected chi connectivity index (χ4v) is 6.09. The number of rotatable bonds is 1. The van der Waals surface area contributed by atoms with Gasteiger partial charge in [-0.25, -0.2) is 0 Å². The van der Waals surface area contributed by atoms with E-state index in [-0.39, 0.29) is 17.8 Å². The second-order valence-corrected chi connectivity index (χ2v) is 8.24. The van der Waals surface area contributed by atoms with Crippen LogP contribution < -0.4 is 5.32 Å². The maximum Gasteiger partial charge on any atom is 0.311 e. The van der Waals surface area contributed by atoms with Gasteiger partial charge in [-0.1, -0.05) is 18.2 Å². The Hall–Kier alpha value is -1.59. The predicted molar refractivity (Wildman–Crippen MR) is 94.3 cm³/mol. The first-order chi connectivity index (χ1) is 12.2. The molecule has 2 saturated heterocycles. The van der Waals surface area contributed by atoms with Gasteiger partial charge in [0.15, 0.2) is 0 Å². The number of benzene rings is 1. The second-order valence-electron chi connectivity index (χ2n) is 8.24. The molecule has 0 amide bonds. The summed E-state index contributed by atoms with van der Waals surface area (Å²) in [6, 6.07) is 9.51. The molecule has 5 heteroatoms. The first-order valence-electron chi connectivity index (χ1n) is 9.52. The highest BCUT2D eigenvalue weighted by molar-refractivity contribution is 5.73. The Kier molecular flexibility index (Phi) is 3.57. The molecule has 0 radical (unpaired) electrons. The minimum Gasteiger partial charge on any atom is -0.469 e. The maximum atomic E-state index is 12.3. The smallest absolute Gasteiger partial charge is 0.311 e. The Bertz CT molecular complexity index is 693. The van der Waals surface area contributed by atoms with E-state index in [4.69, 9.17) is 4.74 Å². The van der Waals surface area contributed by atoms with Gasteiger partial charge in [-0.3, -0.25) is 9.69 Å². The SMILES string of the molecule is COC(=O)C1[C@H]2C[C@H]3C4Nc5ccccc5C4CN3C[C@H]2CC[C@@H]1O. The molecule has 2 N–H and O–H groups in total. The predicted octanol–water partition coefficient (Wildman–Crippen LogP) is 1.83. The number of hydrogen-bond donors (Lipinski definition) is 2. The molecular formula is C20H26N2O3. The van der Waals surface area contributed by atoms with Crippen molar-refractivity contribution in [2.75, 3.05) is 25.5 Å². The van der Waals surface area contributed by atoms with Crippen molar-refractivity contribution in [3.05, 3.63) is 29.8 Å². The third-order valence-corrected chi connectivity index (χ3v) is 7.20. The van der Waals surface area contributed by atoms with Gasteiger partial charge in [0.1, 0.15) is 0 Å². The number of ether oxygens (including phenoxy) is 1. The van der Waals surface area contributed by atoms with Crippen molar-refractivity contribution >= 4 is 11.7 Å². The number of para-hydroxylation sites is 1. The van der Waals surface area contributed by atoms with E-state index in [1.165, 1.54) is 18.4 Å². The van der Waals surface area contributed by atoms with Crippen LogP contribution in [0.3, 0.4) is 0 Å². The van der Waals surface area contributed by atoms with Gasteiger partial charge in [0.2, 0.25) is 0 Å². The van der Waals surface area contributed by atoms with Gasteiger partial charge >= 0.3 is 5.97 Å². The van der Waals surface area contributed by atoms with Crippen molar-refractivity contribution in [3.8, 4) is 0 Å². The third-order valence-electron chi connectivity index (χ3n) is 7.20. The molecule has 4 aliphatic rings. The molecule has 1 aromatic rings. The lowest BCUT2D eigenvalue weighted by atomic mass is 9.65. The molecule has 3 unspecified atom stereocenters. The number of hydrogen-bond acceptors (Lipinski definition) is 5. The number of esters is 1. The molecule has 3 fully saturated rings. The highest BCUT2D eigenvalue weighted by atomic mass is 16.5. The lowest BCUT2D eigenvalue weighted by molar-refractivity contribution is -0.159. The number of nitrogens with one attached hydrogen (secondary N) is 1. The second kappa shape index (κ2) is 5.71. The minimum atomic E-state index is -0.550. The van der Waals surface area contributed by atoms with E-state index >= 15 is 0 Å². The summed E-state index contributed by atoms with van der Waals surface area (Å²) in [6.45, 7) is 2.15. The number of anilines is 1. The Morgan fingerprint density at radius 1 is 1.28 bits per heavy atom. The molecule has 7 atom stereocenters. The molecule has 3 aliphatic heterocycles. The molecule has 3 heterocycles. The molecule has 0 aromatic heterocycles. The summed E-state index contributed by atoms with van der Waals surface area (Å²) in [5, 5.41) is 14.2. The third kappa shape index (κ3) is 2.25. The molecule has 1 saturated carbocycles. The van der Waals surface area contributed by atoms with Gasteiger partial charge in [-0.2, -0.15) is 0 Å². The van der Waals surface area contributed by atoms with E-state index in [1.54, 1.807) is 0 Å². The average molecular weight is 342 g/mol. The Morgan fingerprint density at radius 3 is 2.96 bits per heavy atom. The van der Waals surface area contributed by atoms with Crippen LogP contribution in [0.2, 0.25) is 0 Å². The lowest BCUT2D eigenvalue weighted by Crippen LogP contribution is -2.55. The van der Waals surface area contributed by atoms with Gasteiger partial charge in [-0.05, 0) is 42.7 Å². The number of carbonyl (C=O) groups excluding carboxylic acids is 1. The highest BCUT2D eigenvalue weighted by Crippen LogP contribution is 2.50. The summed E-state index contributed by atoms with van der Waals surface area (Å²) in [7, 11) is 1.44. The van der Waals surface area contributed by atoms with Gasteiger partial charge in [0, 0.05) is 36.8 Å². The van der Waals surface area contributed by atoms with Crippen molar-refractivity contribution in [1.29, 1.82) is 0 Å². The summed E-state index contributed by atoms with van der Waals surface area (Å²) in [5.41, 5.74) is 2.71. The monoisotopic (exact) mass is 342 g/mol. The average Bonchev–Trinajstić information content (AvgIpc) is 3.15. The minimum absolute atomic E-state index is 0.229. The van der Waals surface area contributed by atoms with Crippen LogP contribution in [0.25, 0.3) is 0 Å².